The van der Waals surface area contributed by atoms with Crippen LogP contribution in [-0.2, 0) is 0 Å². The van der Waals surface area contributed by atoms with Gasteiger partial charge in [-0.1, -0.05) is 13.8 Å². The van der Waals surface area contributed by atoms with E-state index in [2.05, 4.69) is 51.7 Å². The molecule has 0 aliphatic heterocycles. The minimum atomic E-state index is -0.510. The number of anilines is 2. The van der Waals surface area contributed by atoms with Crippen molar-refractivity contribution in [2.24, 2.45) is 0 Å². The van der Waals surface area contributed by atoms with E-state index in [0.717, 1.165) is 5.69 Å². The number of amides is 1. The van der Waals surface area contributed by atoms with Crippen molar-refractivity contribution in [1.82, 2.24) is 24.7 Å². The highest BCUT2D eigenvalue weighted by Gasteiger charge is 2.16. The minimum Gasteiger partial charge on any atom is -0.382 e. The predicted octanol–water partition coefficient (Wildman–Crippen LogP) is 3.78. The first-order valence-corrected chi connectivity index (χ1v) is 10.5. The highest BCUT2D eigenvalue weighted by molar-refractivity contribution is 6.13. The number of fused-ring (bicyclic) bond motifs is 2. The summed E-state index contributed by atoms with van der Waals surface area (Å²) in [5.41, 5.74) is 3.45. The van der Waals surface area contributed by atoms with Crippen LogP contribution in [0, 0.1) is 12.7 Å². The molecule has 0 saturated heterocycles. The van der Waals surface area contributed by atoms with Crippen LogP contribution >= 0.6 is 0 Å². The van der Waals surface area contributed by atoms with Gasteiger partial charge < -0.3 is 20.4 Å². The smallest absolute Gasteiger partial charge is 0.257 e. The van der Waals surface area contributed by atoms with E-state index in [1.165, 1.54) is 6.07 Å². The normalized spacial score (nSPS) is 12.4. The minimum absolute atomic E-state index is 0.216. The molecule has 1 atom stereocenters. The highest BCUT2D eigenvalue weighted by Crippen LogP contribution is 2.24. The summed E-state index contributed by atoms with van der Waals surface area (Å²) < 4.78 is 15.9. The van der Waals surface area contributed by atoms with Gasteiger partial charge in [0.2, 0.25) is 0 Å². The fraction of sp³-hybridized carbons (Fsp3) is 0.304. The Hall–Kier alpha value is -3.59. The average molecular weight is 436 g/mol. The number of carbonyl (C=O) groups is 1. The molecule has 0 fully saturated rings. The lowest BCUT2D eigenvalue weighted by Gasteiger charge is -2.19. The van der Waals surface area contributed by atoms with Gasteiger partial charge in [0, 0.05) is 49.5 Å². The number of halogens is 1. The number of hydrogen-bond donors (Lipinski definition) is 3. The van der Waals surface area contributed by atoms with Gasteiger partial charge >= 0.3 is 0 Å². The first kappa shape index (κ1) is 21.6. The number of pyridine rings is 1. The maximum Gasteiger partial charge on any atom is 0.257 e. The lowest BCUT2D eigenvalue weighted by atomic mass is 10.1. The lowest BCUT2D eigenvalue weighted by molar-refractivity contribution is 0.102. The Kier molecular flexibility index (Phi) is 6.00. The molecule has 0 aliphatic carbocycles. The number of benzene rings is 1. The summed E-state index contributed by atoms with van der Waals surface area (Å²) in [6, 6.07) is 5.40. The summed E-state index contributed by atoms with van der Waals surface area (Å²) >= 11 is 0. The summed E-state index contributed by atoms with van der Waals surface area (Å²) in [5, 5.41) is 9.58. The molecular formula is C23H26FN7O. The van der Waals surface area contributed by atoms with Crippen molar-refractivity contribution in [1.29, 1.82) is 0 Å². The van der Waals surface area contributed by atoms with E-state index in [-0.39, 0.29) is 11.7 Å². The van der Waals surface area contributed by atoms with Crippen LogP contribution in [0.1, 0.15) is 36.8 Å². The number of nitrogens with one attached hydrogen (secondary N) is 3. The Labute approximate surface area is 185 Å². The summed E-state index contributed by atoms with van der Waals surface area (Å²) in [4.78, 5) is 26.0. The van der Waals surface area contributed by atoms with Gasteiger partial charge in [-0.25, -0.2) is 9.37 Å². The van der Waals surface area contributed by atoms with Gasteiger partial charge in [-0.2, -0.15) is 0 Å². The molecule has 166 valence electrons. The second-order valence-electron chi connectivity index (χ2n) is 8.16. The number of aromatic nitrogens is 4. The van der Waals surface area contributed by atoms with Gasteiger partial charge in [0.25, 0.3) is 5.91 Å². The van der Waals surface area contributed by atoms with E-state index in [0.29, 0.717) is 40.6 Å². The maximum absolute atomic E-state index is 14.4. The van der Waals surface area contributed by atoms with E-state index < -0.39 is 11.7 Å². The second kappa shape index (κ2) is 8.88. The highest BCUT2D eigenvalue weighted by atomic mass is 19.1. The number of carbonyl (C=O) groups excluding carboxylic acids is 1. The molecule has 3 heterocycles. The Morgan fingerprint density at radius 1 is 1.12 bits per heavy atom. The Morgan fingerprint density at radius 3 is 2.62 bits per heavy atom. The molecule has 3 N–H and O–H groups in total. The van der Waals surface area contributed by atoms with Crippen LogP contribution in [0.5, 0.6) is 0 Å². The van der Waals surface area contributed by atoms with Gasteiger partial charge in [0.1, 0.15) is 11.0 Å². The van der Waals surface area contributed by atoms with Gasteiger partial charge in [-0.3, -0.25) is 14.8 Å². The molecule has 0 spiro atoms. The third kappa shape index (κ3) is 4.52. The van der Waals surface area contributed by atoms with Crippen molar-refractivity contribution in [3.8, 4) is 0 Å². The van der Waals surface area contributed by atoms with Crippen LogP contribution in [0.15, 0.2) is 43.0 Å². The van der Waals surface area contributed by atoms with Gasteiger partial charge in [-0.15, -0.1) is 0 Å². The zero-order chi connectivity index (χ0) is 22.8. The fourth-order valence-electron chi connectivity index (χ4n) is 3.72. The van der Waals surface area contributed by atoms with Crippen molar-refractivity contribution >= 4 is 34.0 Å². The molecule has 32 heavy (non-hydrogen) atoms. The first-order valence-electron chi connectivity index (χ1n) is 10.5. The topological polar surface area (TPSA) is 96.2 Å². The van der Waals surface area contributed by atoms with E-state index in [9.17, 15) is 9.18 Å². The molecular weight excluding hydrogens is 409 g/mol. The molecule has 1 amide bonds. The molecule has 4 rings (SSSR count). The third-order valence-corrected chi connectivity index (χ3v) is 4.97. The zero-order valence-electron chi connectivity index (χ0n) is 18.5. The third-order valence-electron chi connectivity index (χ3n) is 4.97. The zero-order valence-corrected chi connectivity index (χ0v) is 18.5. The fourth-order valence-corrected chi connectivity index (χ4v) is 3.72. The molecule has 9 heteroatoms. The second-order valence-corrected chi connectivity index (χ2v) is 8.16. The number of rotatable bonds is 7. The molecule has 0 aliphatic rings. The van der Waals surface area contributed by atoms with Crippen molar-refractivity contribution in [3.05, 3.63) is 60.1 Å². The molecule has 0 radical (unpaired) electrons. The largest absolute Gasteiger partial charge is 0.382 e. The molecule has 4 aromatic rings. The van der Waals surface area contributed by atoms with Crippen LogP contribution in [0.4, 0.5) is 15.8 Å². The predicted molar refractivity (Wildman–Crippen MR) is 124 cm³/mol. The van der Waals surface area contributed by atoms with Gasteiger partial charge in [0.05, 0.1) is 22.6 Å². The number of imidazole rings is 1. The number of nitrogens with zero attached hydrogens (tertiary/aromatic N) is 4. The maximum atomic E-state index is 14.4. The lowest BCUT2D eigenvalue weighted by Crippen LogP contribution is -2.37. The number of hydrogen-bond acceptors (Lipinski definition) is 6. The van der Waals surface area contributed by atoms with Crippen molar-refractivity contribution in [2.75, 3.05) is 17.2 Å². The van der Waals surface area contributed by atoms with Crippen LogP contribution in [-0.4, -0.2) is 43.9 Å². The van der Waals surface area contributed by atoms with Crippen molar-refractivity contribution < 1.29 is 9.18 Å². The van der Waals surface area contributed by atoms with Crippen LogP contribution in [0.25, 0.3) is 16.7 Å². The van der Waals surface area contributed by atoms with E-state index >= 15 is 0 Å². The average Bonchev–Trinajstić information content (AvgIpc) is 3.12. The monoisotopic (exact) mass is 435 g/mol. The molecule has 3 aromatic heterocycles. The van der Waals surface area contributed by atoms with Crippen LogP contribution in [0.3, 0.4) is 0 Å². The van der Waals surface area contributed by atoms with Gasteiger partial charge in [0.15, 0.2) is 11.5 Å². The molecule has 0 saturated carbocycles. The number of aryl methyl sites for hydroxylation is 1. The Morgan fingerprint density at radius 2 is 1.88 bits per heavy atom. The summed E-state index contributed by atoms with van der Waals surface area (Å²) in [5.74, 6) is -0.906. The molecule has 0 unspecified atom stereocenters. The molecule has 8 nitrogen and oxygen atoms in total. The quantitative estimate of drug-likeness (QED) is 0.409. The first-order chi connectivity index (χ1) is 15.3. The van der Waals surface area contributed by atoms with E-state index in [1.54, 1.807) is 42.2 Å². The summed E-state index contributed by atoms with van der Waals surface area (Å²) in [7, 11) is 0. The van der Waals surface area contributed by atoms with E-state index in [4.69, 9.17) is 0 Å². The van der Waals surface area contributed by atoms with Crippen molar-refractivity contribution in [3.63, 3.8) is 0 Å². The van der Waals surface area contributed by atoms with Crippen LogP contribution < -0.4 is 16.0 Å². The Bertz CT molecular complexity index is 1280. The summed E-state index contributed by atoms with van der Waals surface area (Å²) in [6.45, 7) is 8.77. The Balaban J connectivity index is 1.60. The molecule has 0 bridgehead atoms. The standard InChI is InChI=1S/C23H26FN7O/c1-13(2)28-14(3)10-27-19-6-5-17(20-21(19)26-8-7-25-20)23(32)30-16-9-18(24)22-29-15(4)11-31(22)12-16/h5-9,11-14,27-28H,10H2,1-4H3,(H,30,32)/t14-/m1/s1. The van der Waals surface area contributed by atoms with Crippen molar-refractivity contribution in [2.45, 2.75) is 39.8 Å². The summed E-state index contributed by atoms with van der Waals surface area (Å²) in [6.07, 6.45) is 6.47. The SMILES string of the molecule is Cc1cn2cc(NC(=O)c3ccc(NC[C@@H](C)NC(C)C)c4nccnc34)cc(F)c2n1. The van der Waals surface area contributed by atoms with E-state index in [1.807, 2.05) is 6.07 Å². The molecule has 1 aromatic carbocycles. The van der Waals surface area contributed by atoms with Crippen LogP contribution in [0.2, 0.25) is 0 Å². The van der Waals surface area contributed by atoms with Gasteiger partial charge in [-0.05, 0) is 26.0 Å².